The van der Waals surface area contributed by atoms with E-state index in [2.05, 4.69) is 47.4 Å². The Labute approximate surface area is 171 Å². The Balaban J connectivity index is 1.57. The Morgan fingerprint density at radius 2 is 1.86 bits per heavy atom. The van der Waals surface area contributed by atoms with Gasteiger partial charge in [-0.25, -0.2) is 4.52 Å². The molecule has 0 saturated carbocycles. The van der Waals surface area contributed by atoms with E-state index in [-0.39, 0.29) is 11.9 Å². The predicted molar refractivity (Wildman–Crippen MR) is 111 cm³/mol. The van der Waals surface area contributed by atoms with Crippen LogP contribution >= 0.6 is 11.3 Å². The Kier molecular flexibility index (Phi) is 4.85. The summed E-state index contributed by atoms with van der Waals surface area (Å²) >= 11 is 1.46. The van der Waals surface area contributed by atoms with E-state index in [0.29, 0.717) is 16.3 Å². The maximum Gasteiger partial charge on any atom is 0.308 e. The first kappa shape index (κ1) is 18.8. The van der Waals surface area contributed by atoms with Crippen LogP contribution in [-0.2, 0) is 4.79 Å². The highest BCUT2D eigenvalue weighted by molar-refractivity contribution is 7.15. The summed E-state index contributed by atoms with van der Waals surface area (Å²) in [7, 11) is 0. The lowest BCUT2D eigenvalue weighted by molar-refractivity contribution is -0.131. The molecule has 0 saturated heterocycles. The zero-order chi connectivity index (χ0) is 20.5. The molecule has 2 heterocycles. The molecule has 0 radical (unpaired) electrons. The van der Waals surface area contributed by atoms with Gasteiger partial charge in [-0.05, 0) is 43.7 Å². The van der Waals surface area contributed by atoms with Crippen LogP contribution in [0.5, 0.6) is 5.75 Å². The van der Waals surface area contributed by atoms with Gasteiger partial charge in [-0.1, -0.05) is 23.8 Å². The molecule has 0 spiro atoms. The van der Waals surface area contributed by atoms with Crippen molar-refractivity contribution in [3.8, 4) is 17.0 Å². The minimum Gasteiger partial charge on any atom is -0.427 e. The third kappa shape index (κ3) is 3.88. The van der Waals surface area contributed by atoms with E-state index in [1.165, 1.54) is 23.8 Å². The maximum atomic E-state index is 12.5. The minimum atomic E-state index is -0.413. The highest BCUT2D eigenvalue weighted by atomic mass is 32.1. The Morgan fingerprint density at radius 3 is 2.55 bits per heavy atom. The van der Waals surface area contributed by atoms with Crippen molar-refractivity contribution in [2.75, 3.05) is 5.32 Å². The summed E-state index contributed by atoms with van der Waals surface area (Å²) in [6, 6.07) is 12.5. The fourth-order valence-corrected chi connectivity index (χ4v) is 3.86. The third-order valence-electron chi connectivity index (χ3n) is 4.34. The van der Waals surface area contributed by atoms with Gasteiger partial charge in [0.1, 0.15) is 5.75 Å². The molecule has 1 N–H and O–H groups in total. The van der Waals surface area contributed by atoms with E-state index in [1.807, 2.05) is 5.38 Å². The lowest BCUT2D eigenvalue weighted by atomic mass is 10.0. The van der Waals surface area contributed by atoms with E-state index < -0.39 is 5.97 Å². The van der Waals surface area contributed by atoms with Gasteiger partial charge in [0.15, 0.2) is 0 Å². The first-order chi connectivity index (χ1) is 13.9. The number of hydrogen-bond donors (Lipinski definition) is 1. The molecule has 0 aliphatic heterocycles. The van der Waals surface area contributed by atoms with Crippen molar-refractivity contribution in [3.63, 3.8) is 0 Å². The van der Waals surface area contributed by atoms with E-state index >= 15 is 0 Å². The molecule has 0 aliphatic carbocycles. The van der Waals surface area contributed by atoms with Gasteiger partial charge in [0.2, 0.25) is 4.96 Å². The number of carbonyl (C=O) groups is 2. The molecule has 0 aliphatic rings. The number of rotatable bonds is 4. The molecule has 1 amide bonds. The van der Waals surface area contributed by atoms with Gasteiger partial charge in [0, 0.05) is 23.4 Å². The van der Waals surface area contributed by atoms with Crippen LogP contribution in [0.4, 0.5) is 5.95 Å². The van der Waals surface area contributed by atoms with Crippen LogP contribution in [0, 0.1) is 13.8 Å². The highest BCUT2D eigenvalue weighted by Gasteiger charge is 2.15. The molecule has 0 bridgehead atoms. The molecule has 0 fully saturated rings. The largest absolute Gasteiger partial charge is 0.427 e. The number of nitrogens with zero attached hydrogens (tertiary/aromatic N) is 3. The Bertz CT molecular complexity index is 1220. The number of anilines is 1. The standard InChI is InChI=1S/C21H18N4O3S/c1-12-4-9-17(13(2)10-12)18-11-29-21-23-20(24-25(18)21)22-19(27)15-5-7-16(8-6-15)28-14(3)26/h4-11H,1-3H3,(H,22,24,27). The smallest absolute Gasteiger partial charge is 0.308 e. The molecular formula is C21H18N4O3S. The van der Waals surface area contributed by atoms with Gasteiger partial charge in [-0.2, -0.15) is 4.98 Å². The number of amides is 1. The fraction of sp³-hybridized carbons (Fsp3) is 0.143. The molecular weight excluding hydrogens is 388 g/mol. The van der Waals surface area contributed by atoms with E-state index in [1.54, 1.807) is 28.8 Å². The molecule has 0 atom stereocenters. The van der Waals surface area contributed by atoms with Crippen molar-refractivity contribution < 1.29 is 14.3 Å². The summed E-state index contributed by atoms with van der Waals surface area (Å²) in [6.45, 7) is 5.44. The second-order valence-corrected chi connectivity index (χ2v) is 7.48. The van der Waals surface area contributed by atoms with Gasteiger partial charge < -0.3 is 4.74 Å². The van der Waals surface area contributed by atoms with Crippen LogP contribution in [0.3, 0.4) is 0 Å². The number of aryl methyl sites for hydroxylation is 2. The molecule has 8 heteroatoms. The van der Waals surface area contributed by atoms with Gasteiger partial charge in [0.25, 0.3) is 11.9 Å². The lowest BCUT2D eigenvalue weighted by Crippen LogP contribution is -2.13. The zero-order valence-corrected chi connectivity index (χ0v) is 16.9. The molecule has 4 rings (SSSR count). The number of ether oxygens (including phenoxy) is 1. The number of benzene rings is 2. The van der Waals surface area contributed by atoms with Crippen molar-refractivity contribution in [2.24, 2.45) is 0 Å². The van der Waals surface area contributed by atoms with Gasteiger partial charge in [-0.3, -0.25) is 14.9 Å². The quantitative estimate of drug-likeness (QED) is 0.404. The number of thiazole rings is 1. The summed E-state index contributed by atoms with van der Waals surface area (Å²) in [5.74, 6) is -0.139. The van der Waals surface area contributed by atoms with Gasteiger partial charge in [-0.15, -0.1) is 16.4 Å². The maximum absolute atomic E-state index is 12.5. The number of fused-ring (bicyclic) bond motifs is 1. The summed E-state index contributed by atoms with van der Waals surface area (Å²) in [4.78, 5) is 28.6. The zero-order valence-electron chi connectivity index (χ0n) is 16.1. The predicted octanol–water partition coefficient (Wildman–Crippen LogP) is 4.25. The average Bonchev–Trinajstić information content (AvgIpc) is 3.22. The molecule has 7 nitrogen and oxygen atoms in total. The molecule has 2 aromatic heterocycles. The minimum absolute atomic E-state index is 0.233. The lowest BCUT2D eigenvalue weighted by Gasteiger charge is -2.05. The van der Waals surface area contributed by atoms with Crippen LogP contribution in [0.15, 0.2) is 47.8 Å². The van der Waals surface area contributed by atoms with Gasteiger partial charge >= 0.3 is 5.97 Å². The van der Waals surface area contributed by atoms with Crippen molar-refractivity contribution in [1.29, 1.82) is 0 Å². The van der Waals surface area contributed by atoms with E-state index in [4.69, 9.17) is 4.74 Å². The van der Waals surface area contributed by atoms with Crippen molar-refractivity contribution >= 4 is 34.1 Å². The highest BCUT2D eigenvalue weighted by Crippen LogP contribution is 2.29. The van der Waals surface area contributed by atoms with Crippen molar-refractivity contribution in [2.45, 2.75) is 20.8 Å². The Hall–Kier alpha value is -3.52. The number of esters is 1. The molecule has 146 valence electrons. The summed E-state index contributed by atoms with van der Waals surface area (Å²) in [6.07, 6.45) is 0. The molecule has 29 heavy (non-hydrogen) atoms. The van der Waals surface area contributed by atoms with Crippen LogP contribution in [0.2, 0.25) is 0 Å². The number of aromatic nitrogens is 3. The third-order valence-corrected chi connectivity index (χ3v) is 5.16. The first-order valence-electron chi connectivity index (χ1n) is 8.92. The topological polar surface area (TPSA) is 85.6 Å². The normalized spacial score (nSPS) is 10.9. The SMILES string of the molecule is CC(=O)Oc1ccc(C(=O)Nc2nc3scc(-c4ccc(C)cc4C)n3n2)cc1. The number of carbonyl (C=O) groups excluding carboxylic acids is 2. The van der Waals surface area contributed by atoms with Crippen LogP contribution < -0.4 is 10.1 Å². The van der Waals surface area contributed by atoms with Crippen molar-refractivity contribution in [3.05, 3.63) is 64.5 Å². The monoisotopic (exact) mass is 406 g/mol. The summed E-state index contributed by atoms with van der Waals surface area (Å²) < 4.78 is 6.71. The second-order valence-electron chi connectivity index (χ2n) is 6.64. The van der Waals surface area contributed by atoms with Crippen LogP contribution in [0.25, 0.3) is 16.2 Å². The van der Waals surface area contributed by atoms with Crippen molar-refractivity contribution in [1.82, 2.24) is 14.6 Å². The second kappa shape index (κ2) is 7.48. The van der Waals surface area contributed by atoms with Crippen LogP contribution in [-0.4, -0.2) is 26.5 Å². The first-order valence-corrected chi connectivity index (χ1v) is 9.80. The number of hydrogen-bond acceptors (Lipinski definition) is 6. The summed E-state index contributed by atoms with van der Waals surface area (Å²) in [5.41, 5.74) is 4.77. The van der Waals surface area contributed by atoms with Gasteiger partial charge in [0.05, 0.1) is 5.69 Å². The molecule has 0 unspecified atom stereocenters. The molecule has 4 aromatic rings. The van der Waals surface area contributed by atoms with Crippen LogP contribution in [0.1, 0.15) is 28.4 Å². The Morgan fingerprint density at radius 1 is 1.10 bits per heavy atom. The fourth-order valence-electron chi connectivity index (χ4n) is 3.03. The van der Waals surface area contributed by atoms with E-state index in [0.717, 1.165) is 16.8 Å². The average molecular weight is 406 g/mol. The summed E-state index contributed by atoms with van der Waals surface area (Å²) in [5, 5.41) is 9.17. The molecule has 2 aromatic carbocycles. The number of nitrogens with one attached hydrogen (secondary N) is 1. The van der Waals surface area contributed by atoms with E-state index in [9.17, 15) is 9.59 Å².